The molecule has 0 radical (unpaired) electrons. The van der Waals surface area contributed by atoms with Crippen LogP contribution in [0.2, 0.25) is 0 Å². The largest absolute Gasteiger partial charge is 0.472 e. The number of fused-ring (bicyclic) bond motifs is 1. The number of carbonyl (C=O) groups excluding carboxylic acids is 1. The van der Waals surface area contributed by atoms with Crippen LogP contribution in [0.1, 0.15) is 28.8 Å². The summed E-state index contributed by atoms with van der Waals surface area (Å²) >= 11 is 0. The van der Waals surface area contributed by atoms with Crippen LogP contribution < -0.4 is 0 Å². The van der Waals surface area contributed by atoms with E-state index in [4.69, 9.17) is 13.9 Å². The summed E-state index contributed by atoms with van der Waals surface area (Å²) in [7, 11) is 0. The Morgan fingerprint density at radius 2 is 2.32 bits per heavy atom. The quantitative estimate of drug-likeness (QED) is 0.835. The molecule has 132 valence electrons. The van der Waals surface area contributed by atoms with Crippen LogP contribution in [-0.2, 0) is 16.1 Å². The number of hydrogen-bond acceptors (Lipinski definition) is 5. The van der Waals surface area contributed by atoms with Gasteiger partial charge in [-0.15, -0.1) is 0 Å². The van der Waals surface area contributed by atoms with E-state index in [0.29, 0.717) is 37.8 Å². The molecule has 2 aromatic rings. The molecule has 3 atom stereocenters. The third-order valence-electron chi connectivity index (χ3n) is 5.01. The van der Waals surface area contributed by atoms with Crippen molar-refractivity contribution in [3.63, 3.8) is 0 Å². The average molecular weight is 342 g/mol. The number of nitrogens with zero attached hydrogens (tertiary/aromatic N) is 2. The van der Waals surface area contributed by atoms with Crippen molar-refractivity contribution in [2.24, 2.45) is 5.92 Å². The van der Waals surface area contributed by atoms with Crippen molar-refractivity contribution in [3.05, 3.63) is 54.2 Å². The van der Waals surface area contributed by atoms with Gasteiger partial charge in [-0.3, -0.25) is 9.78 Å². The Kier molecular flexibility index (Phi) is 4.81. The van der Waals surface area contributed by atoms with Gasteiger partial charge in [-0.25, -0.2) is 0 Å². The summed E-state index contributed by atoms with van der Waals surface area (Å²) in [6.07, 6.45) is 8.59. The summed E-state index contributed by atoms with van der Waals surface area (Å²) in [5, 5.41) is 0. The first-order valence-electron chi connectivity index (χ1n) is 8.72. The Morgan fingerprint density at radius 1 is 1.36 bits per heavy atom. The lowest BCUT2D eigenvalue weighted by atomic mass is 10.1. The first-order chi connectivity index (χ1) is 12.3. The van der Waals surface area contributed by atoms with Gasteiger partial charge in [0.2, 0.25) is 0 Å². The Labute approximate surface area is 146 Å². The Bertz CT molecular complexity index is 689. The molecular weight excluding hydrogens is 320 g/mol. The molecule has 3 heterocycles. The molecule has 2 aromatic heterocycles. The summed E-state index contributed by atoms with van der Waals surface area (Å²) < 4.78 is 16.8. The maximum Gasteiger partial charge on any atom is 0.257 e. The lowest BCUT2D eigenvalue weighted by molar-refractivity contribution is -0.0450. The average Bonchev–Trinajstić information content (AvgIpc) is 3.31. The first kappa shape index (κ1) is 16.3. The molecule has 0 N–H and O–H groups in total. The smallest absolute Gasteiger partial charge is 0.257 e. The number of pyridine rings is 1. The molecule has 25 heavy (non-hydrogen) atoms. The van der Waals surface area contributed by atoms with Crippen molar-refractivity contribution >= 4 is 5.91 Å². The van der Waals surface area contributed by atoms with E-state index in [1.54, 1.807) is 12.3 Å². The van der Waals surface area contributed by atoms with E-state index < -0.39 is 0 Å². The van der Waals surface area contributed by atoms with Gasteiger partial charge in [0.1, 0.15) is 6.26 Å². The van der Waals surface area contributed by atoms with Crippen LogP contribution in [0.3, 0.4) is 0 Å². The normalized spacial score (nSPS) is 25.8. The lowest BCUT2D eigenvalue weighted by Gasteiger charge is -2.37. The van der Waals surface area contributed by atoms with Crippen molar-refractivity contribution < 1.29 is 18.7 Å². The van der Waals surface area contributed by atoms with Gasteiger partial charge in [0.15, 0.2) is 0 Å². The Hall–Kier alpha value is -2.18. The van der Waals surface area contributed by atoms with Gasteiger partial charge in [0.05, 0.1) is 43.8 Å². The Balaban J connectivity index is 1.33. The number of aromatic nitrogens is 1. The standard InChI is InChI=1S/C19H22N2O4/c22-19(16-3-6-23-13-16)21-5-7-25-18-9-15(8-17(18)21)12-24-11-14-2-1-4-20-10-14/h1-4,6,10,13,15,17-18H,5,7-9,11-12H2. The molecule has 1 saturated carbocycles. The van der Waals surface area contributed by atoms with Crippen LogP contribution in [0.4, 0.5) is 0 Å². The molecule has 1 amide bonds. The maximum atomic E-state index is 12.7. The van der Waals surface area contributed by atoms with E-state index in [-0.39, 0.29) is 18.1 Å². The van der Waals surface area contributed by atoms with Gasteiger partial charge < -0.3 is 18.8 Å². The molecule has 2 fully saturated rings. The zero-order chi connectivity index (χ0) is 17.1. The van der Waals surface area contributed by atoms with Crippen molar-refractivity contribution in [2.45, 2.75) is 31.6 Å². The number of furan rings is 1. The van der Waals surface area contributed by atoms with E-state index in [0.717, 1.165) is 18.4 Å². The van der Waals surface area contributed by atoms with E-state index >= 15 is 0 Å². The summed E-state index contributed by atoms with van der Waals surface area (Å²) in [5.74, 6) is 0.438. The van der Waals surface area contributed by atoms with Crippen LogP contribution >= 0.6 is 0 Å². The number of rotatable bonds is 5. The highest BCUT2D eigenvalue weighted by molar-refractivity contribution is 5.94. The highest BCUT2D eigenvalue weighted by Crippen LogP contribution is 2.35. The minimum Gasteiger partial charge on any atom is -0.472 e. The van der Waals surface area contributed by atoms with Crippen molar-refractivity contribution in [3.8, 4) is 0 Å². The molecule has 1 aliphatic carbocycles. The number of morpholine rings is 1. The summed E-state index contributed by atoms with van der Waals surface area (Å²) in [5.41, 5.74) is 1.68. The first-order valence-corrected chi connectivity index (χ1v) is 8.72. The summed E-state index contributed by atoms with van der Waals surface area (Å²) in [4.78, 5) is 18.7. The monoisotopic (exact) mass is 342 g/mol. The van der Waals surface area contributed by atoms with Gasteiger partial charge in [-0.05, 0) is 36.5 Å². The van der Waals surface area contributed by atoms with E-state index in [1.807, 2.05) is 23.2 Å². The highest BCUT2D eigenvalue weighted by Gasteiger charge is 2.43. The number of hydrogen-bond donors (Lipinski definition) is 0. The molecule has 3 unspecified atom stereocenters. The molecule has 1 aliphatic heterocycles. The van der Waals surface area contributed by atoms with Crippen molar-refractivity contribution in [1.29, 1.82) is 0 Å². The molecule has 4 rings (SSSR count). The Morgan fingerprint density at radius 3 is 3.12 bits per heavy atom. The van der Waals surface area contributed by atoms with Crippen LogP contribution in [0.15, 0.2) is 47.5 Å². The molecule has 1 saturated heterocycles. The van der Waals surface area contributed by atoms with Crippen molar-refractivity contribution in [2.75, 3.05) is 19.8 Å². The zero-order valence-corrected chi connectivity index (χ0v) is 14.0. The van der Waals surface area contributed by atoms with Crippen LogP contribution in [0.25, 0.3) is 0 Å². The fourth-order valence-corrected chi connectivity index (χ4v) is 3.82. The molecule has 6 nitrogen and oxygen atoms in total. The second-order valence-corrected chi connectivity index (χ2v) is 6.70. The molecule has 2 aliphatic rings. The van der Waals surface area contributed by atoms with Crippen LogP contribution in [-0.4, -0.2) is 47.7 Å². The third kappa shape index (κ3) is 3.60. The minimum atomic E-state index is 0.0315. The molecular formula is C19H22N2O4. The minimum absolute atomic E-state index is 0.0315. The van der Waals surface area contributed by atoms with Crippen LogP contribution in [0, 0.1) is 5.92 Å². The maximum absolute atomic E-state index is 12.7. The van der Waals surface area contributed by atoms with Crippen molar-refractivity contribution in [1.82, 2.24) is 9.88 Å². The third-order valence-corrected chi connectivity index (χ3v) is 5.01. The second-order valence-electron chi connectivity index (χ2n) is 6.70. The van der Waals surface area contributed by atoms with Gasteiger partial charge >= 0.3 is 0 Å². The molecule has 0 spiro atoms. The summed E-state index contributed by atoms with van der Waals surface area (Å²) in [6.45, 7) is 2.47. The molecule has 0 aromatic carbocycles. The topological polar surface area (TPSA) is 64.8 Å². The number of amides is 1. The molecule has 0 bridgehead atoms. The van der Waals surface area contributed by atoms with E-state index in [9.17, 15) is 4.79 Å². The van der Waals surface area contributed by atoms with E-state index in [2.05, 4.69) is 4.98 Å². The fraction of sp³-hybridized carbons (Fsp3) is 0.474. The second kappa shape index (κ2) is 7.37. The predicted octanol–water partition coefficient (Wildman–Crippen LogP) is 2.51. The van der Waals surface area contributed by atoms with Crippen LogP contribution in [0.5, 0.6) is 0 Å². The van der Waals surface area contributed by atoms with Gasteiger partial charge in [0, 0.05) is 18.9 Å². The number of ether oxygens (including phenoxy) is 2. The summed E-state index contributed by atoms with van der Waals surface area (Å²) in [6, 6.07) is 5.77. The van der Waals surface area contributed by atoms with Gasteiger partial charge in [-0.2, -0.15) is 0 Å². The fourth-order valence-electron chi connectivity index (χ4n) is 3.82. The lowest BCUT2D eigenvalue weighted by Crippen LogP contribution is -2.51. The van der Waals surface area contributed by atoms with Gasteiger partial charge in [0.25, 0.3) is 5.91 Å². The SMILES string of the molecule is O=C(c1ccoc1)N1CCOC2CC(COCc3cccnc3)CC21. The molecule has 6 heteroatoms. The zero-order valence-electron chi connectivity index (χ0n) is 14.0. The van der Waals surface area contributed by atoms with E-state index in [1.165, 1.54) is 12.5 Å². The van der Waals surface area contributed by atoms with Gasteiger partial charge in [-0.1, -0.05) is 6.07 Å². The number of carbonyl (C=O) groups is 1. The predicted molar refractivity (Wildman–Crippen MR) is 89.9 cm³/mol. The highest BCUT2D eigenvalue weighted by atomic mass is 16.5.